The summed E-state index contributed by atoms with van der Waals surface area (Å²) < 4.78 is 11.8. The molecule has 0 aliphatic carbocycles. The van der Waals surface area contributed by atoms with Gasteiger partial charge in [-0.15, -0.1) is 0 Å². The van der Waals surface area contributed by atoms with Crippen LogP contribution in [0.1, 0.15) is 44.9 Å². The summed E-state index contributed by atoms with van der Waals surface area (Å²) in [5.41, 5.74) is 1.34. The lowest BCUT2D eigenvalue weighted by Gasteiger charge is -2.32. The molecular formula is C15H23BO3. The topological polar surface area (TPSA) is 38.7 Å². The van der Waals surface area contributed by atoms with Crippen LogP contribution in [-0.2, 0) is 9.31 Å². The van der Waals surface area contributed by atoms with Gasteiger partial charge in [0.05, 0.1) is 17.3 Å². The van der Waals surface area contributed by atoms with E-state index in [0.717, 1.165) is 11.1 Å². The summed E-state index contributed by atoms with van der Waals surface area (Å²) in [5.74, 6) is 0. The van der Waals surface area contributed by atoms with Gasteiger partial charge in [0.1, 0.15) is 0 Å². The van der Waals surface area contributed by atoms with Gasteiger partial charge in [-0.2, -0.15) is 0 Å². The summed E-state index contributed by atoms with van der Waals surface area (Å²) in [7, 11) is -0.361. The normalized spacial score (nSPS) is 22.5. The number of hydrogen-bond donors (Lipinski definition) is 1. The van der Waals surface area contributed by atoms with Gasteiger partial charge in [0, 0.05) is 6.32 Å². The monoisotopic (exact) mass is 262 g/mol. The van der Waals surface area contributed by atoms with Crippen molar-refractivity contribution >= 4 is 7.12 Å². The summed E-state index contributed by atoms with van der Waals surface area (Å²) in [6.07, 6.45) is -0.103. The van der Waals surface area contributed by atoms with Gasteiger partial charge >= 0.3 is 7.12 Å². The second-order valence-electron chi connectivity index (χ2n) is 6.29. The third-order valence-corrected chi connectivity index (χ3v) is 4.27. The summed E-state index contributed by atoms with van der Waals surface area (Å²) in [5, 5.41) is 10.3. The highest BCUT2D eigenvalue weighted by Gasteiger charge is 2.51. The zero-order chi connectivity index (χ0) is 14.3. The van der Waals surface area contributed by atoms with Crippen molar-refractivity contribution in [3.63, 3.8) is 0 Å². The minimum atomic E-state index is -0.559. The molecule has 1 atom stereocenters. The van der Waals surface area contributed by atoms with Crippen LogP contribution in [0.4, 0.5) is 0 Å². The minimum Gasteiger partial charge on any atom is -0.403 e. The Labute approximate surface area is 116 Å². The molecule has 0 amide bonds. The Morgan fingerprint density at radius 3 is 2.16 bits per heavy atom. The Hall–Kier alpha value is -0.835. The Morgan fingerprint density at radius 1 is 1.11 bits per heavy atom. The first-order chi connectivity index (χ1) is 8.73. The molecule has 1 aromatic rings. The van der Waals surface area contributed by atoms with Gasteiger partial charge in [-0.3, -0.25) is 0 Å². The standard InChI is InChI=1S/C15H23BO3/c1-11-8-6-7-9-12(11)13(17)10-16-18-14(2,3)15(4,5)19-16/h6-9,13,17H,10H2,1-5H3. The van der Waals surface area contributed by atoms with Crippen LogP contribution >= 0.6 is 0 Å². The number of aliphatic hydroxyl groups is 1. The van der Waals surface area contributed by atoms with Gasteiger partial charge in [0.2, 0.25) is 0 Å². The largest absolute Gasteiger partial charge is 0.460 e. The van der Waals surface area contributed by atoms with E-state index in [2.05, 4.69) is 0 Å². The van der Waals surface area contributed by atoms with Crippen LogP contribution in [0, 0.1) is 6.92 Å². The molecule has 1 heterocycles. The molecule has 0 bridgehead atoms. The highest BCUT2D eigenvalue weighted by atomic mass is 16.7. The van der Waals surface area contributed by atoms with Crippen LogP contribution in [0.3, 0.4) is 0 Å². The number of aliphatic hydroxyl groups excluding tert-OH is 1. The van der Waals surface area contributed by atoms with E-state index in [-0.39, 0.29) is 18.3 Å². The van der Waals surface area contributed by atoms with Crippen LogP contribution in [0.25, 0.3) is 0 Å². The molecule has 1 aliphatic heterocycles. The van der Waals surface area contributed by atoms with E-state index in [1.807, 2.05) is 58.9 Å². The third kappa shape index (κ3) is 2.86. The number of benzene rings is 1. The van der Waals surface area contributed by atoms with E-state index in [4.69, 9.17) is 9.31 Å². The number of aryl methyl sites for hydroxylation is 1. The molecule has 2 rings (SSSR count). The van der Waals surface area contributed by atoms with E-state index in [1.165, 1.54) is 0 Å². The molecule has 0 saturated carbocycles. The Bertz CT molecular complexity index is 440. The van der Waals surface area contributed by atoms with Gasteiger partial charge in [0.25, 0.3) is 0 Å². The molecule has 1 unspecified atom stereocenters. The summed E-state index contributed by atoms with van der Waals surface area (Å²) >= 11 is 0. The van der Waals surface area contributed by atoms with Crippen molar-refractivity contribution < 1.29 is 14.4 Å². The molecule has 1 fully saturated rings. The molecular weight excluding hydrogens is 239 g/mol. The quantitative estimate of drug-likeness (QED) is 0.850. The Morgan fingerprint density at radius 2 is 1.63 bits per heavy atom. The van der Waals surface area contributed by atoms with E-state index < -0.39 is 6.10 Å². The fourth-order valence-corrected chi connectivity index (χ4v) is 2.33. The lowest BCUT2D eigenvalue weighted by Crippen LogP contribution is -2.41. The van der Waals surface area contributed by atoms with Crippen molar-refractivity contribution in [2.45, 2.75) is 58.2 Å². The van der Waals surface area contributed by atoms with Crippen LogP contribution in [0.15, 0.2) is 24.3 Å². The van der Waals surface area contributed by atoms with Gasteiger partial charge in [-0.05, 0) is 45.7 Å². The molecule has 3 nitrogen and oxygen atoms in total. The first kappa shape index (κ1) is 14.6. The molecule has 19 heavy (non-hydrogen) atoms. The average Bonchev–Trinajstić information content (AvgIpc) is 2.47. The third-order valence-electron chi connectivity index (χ3n) is 4.27. The van der Waals surface area contributed by atoms with Crippen molar-refractivity contribution in [1.82, 2.24) is 0 Å². The van der Waals surface area contributed by atoms with E-state index >= 15 is 0 Å². The molecule has 1 aromatic carbocycles. The fraction of sp³-hybridized carbons (Fsp3) is 0.600. The van der Waals surface area contributed by atoms with Crippen molar-refractivity contribution in [2.75, 3.05) is 0 Å². The maximum Gasteiger partial charge on any atom is 0.460 e. The molecule has 4 heteroatoms. The van der Waals surface area contributed by atoms with Crippen molar-refractivity contribution in [2.24, 2.45) is 0 Å². The molecule has 104 valence electrons. The predicted octanol–water partition coefficient (Wildman–Crippen LogP) is 3.12. The molecule has 1 aliphatic rings. The zero-order valence-corrected chi connectivity index (χ0v) is 12.4. The molecule has 0 radical (unpaired) electrons. The summed E-state index contributed by atoms with van der Waals surface area (Å²) in [4.78, 5) is 0. The van der Waals surface area contributed by atoms with Gasteiger partial charge < -0.3 is 14.4 Å². The predicted molar refractivity (Wildman–Crippen MR) is 77.0 cm³/mol. The molecule has 0 aromatic heterocycles. The van der Waals surface area contributed by atoms with Gasteiger partial charge in [-0.25, -0.2) is 0 Å². The second-order valence-corrected chi connectivity index (χ2v) is 6.29. The maximum absolute atomic E-state index is 10.3. The van der Waals surface area contributed by atoms with Crippen LogP contribution in [0.5, 0.6) is 0 Å². The van der Waals surface area contributed by atoms with E-state index in [0.29, 0.717) is 6.32 Å². The van der Waals surface area contributed by atoms with Crippen molar-refractivity contribution in [3.8, 4) is 0 Å². The number of hydrogen-bond acceptors (Lipinski definition) is 3. The number of rotatable bonds is 3. The molecule has 1 N–H and O–H groups in total. The lowest BCUT2D eigenvalue weighted by atomic mass is 9.79. The minimum absolute atomic E-state index is 0.344. The van der Waals surface area contributed by atoms with E-state index in [1.54, 1.807) is 0 Å². The van der Waals surface area contributed by atoms with Crippen LogP contribution in [0.2, 0.25) is 6.32 Å². The summed E-state index contributed by atoms with van der Waals surface area (Å²) in [6.45, 7) is 10.1. The smallest absolute Gasteiger partial charge is 0.403 e. The second kappa shape index (κ2) is 4.93. The van der Waals surface area contributed by atoms with Gasteiger partial charge in [0.15, 0.2) is 0 Å². The average molecular weight is 262 g/mol. The summed E-state index contributed by atoms with van der Waals surface area (Å²) in [6, 6.07) is 7.87. The van der Waals surface area contributed by atoms with Crippen molar-refractivity contribution in [1.29, 1.82) is 0 Å². The first-order valence-electron chi connectivity index (χ1n) is 6.82. The van der Waals surface area contributed by atoms with Crippen LogP contribution in [-0.4, -0.2) is 23.4 Å². The fourth-order valence-electron chi connectivity index (χ4n) is 2.33. The first-order valence-corrected chi connectivity index (χ1v) is 6.82. The van der Waals surface area contributed by atoms with Gasteiger partial charge in [-0.1, -0.05) is 24.3 Å². The lowest BCUT2D eigenvalue weighted by molar-refractivity contribution is 0.00578. The SMILES string of the molecule is Cc1ccccc1C(O)CB1OC(C)(C)C(C)(C)O1. The van der Waals surface area contributed by atoms with E-state index in [9.17, 15) is 5.11 Å². The highest BCUT2D eigenvalue weighted by molar-refractivity contribution is 6.45. The van der Waals surface area contributed by atoms with Crippen LogP contribution < -0.4 is 0 Å². The Kier molecular flexibility index (Phi) is 3.78. The zero-order valence-electron chi connectivity index (χ0n) is 12.4. The highest BCUT2D eigenvalue weighted by Crippen LogP contribution is 2.39. The Balaban J connectivity index is 2.06. The maximum atomic E-state index is 10.3. The molecule has 0 spiro atoms. The van der Waals surface area contributed by atoms with Crippen molar-refractivity contribution in [3.05, 3.63) is 35.4 Å². The molecule has 1 saturated heterocycles.